The summed E-state index contributed by atoms with van der Waals surface area (Å²) in [6.45, 7) is 1.87. The molecule has 2 aromatic carbocycles. The standard InChI is InChI=1S/C15H12N2/c1-2-15(10-16,11-17)14-9-5-7-12-6-3-4-8-13(12)14/h3-9H,2H2,1H3. The van der Waals surface area contributed by atoms with E-state index in [0.717, 1.165) is 16.3 Å². The zero-order chi connectivity index (χ0) is 12.3. The van der Waals surface area contributed by atoms with Gasteiger partial charge >= 0.3 is 0 Å². The van der Waals surface area contributed by atoms with Crippen LogP contribution in [0, 0.1) is 22.7 Å². The van der Waals surface area contributed by atoms with Gasteiger partial charge in [0, 0.05) is 0 Å². The Balaban J connectivity index is 2.81. The summed E-state index contributed by atoms with van der Waals surface area (Å²) in [4.78, 5) is 0. The Morgan fingerprint density at radius 2 is 1.65 bits per heavy atom. The van der Waals surface area contributed by atoms with Gasteiger partial charge in [-0.2, -0.15) is 10.5 Å². The Hall–Kier alpha value is -2.32. The van der Waals surface area contributed by atoms with Crippen LogP contribution >= 0.6 is 0 Å². The van der Waals surface area contributed by atoms with E-state index >= 15 is 0 Å². The second-order valence-corrected chi connectivity index (χ2v) is 4.01. The Morgan fingerprint density at radius 1 is 1.00 bits per heavy atom. The molecule has 2 nitrogen and oxygen atoms in total. The van der Waals surface area contributed by atoms with Crippen LogP contribution in [0.3, 0.4) is 0 Å². The first-order valence-corrected chi connectivity index (χ1v) is 5.58. The second-order valence-electron chi connectivity index (χ2n) is 4.01. The Kier molecular flexibility index (Phi) is 2.81. The SMILES string of the molecule is CCC(C#N)(C#N)c1cccc2ccccc12. The van der Waals surface area contributed by atoms with Crippen LogP contribution in [0.1, 0.15) is 18.9 Å². The lowest BCUT2D eigenvalue weighted by molar-refractivity contribution is 0.677. The van der Waals surface area contributed by atoms with Crippen LogP contribution in [0.25, 0.3) is 10.8 Å². The van der Waals surface area contributed by atoms with Crippen molar-refractivity contribution < 1.29 is 0 Å². The lowest BCUT2D eigenvalue weighted by Gasteiger charge is -2.18. The van der Waals surface area contributed by atoms with E-state index < -0.39 is 5.41 Å². The molecule has 0 N–H and O–H groups in total. The molecular weight excluding hydrogens is 208 g/mol. The van der Waals surface area contributed by atoms with Crippen molar-refractivity contribution in [2.24, 2.45) is 0 Å². The van der Waals surface area contributed by atoms with Crippen molar-refractivity contribution in [1.82, 2.24) is 0 Å². The van der Waals surface area contributed by atoms with Gasteiger partial charge in [0.15, 0.2) is 5.41 Å². The lowest BCUT2D eigenvalue weighted by atomic mass is 9.78. The Bertz CT molecular complexity index is 610. The van der Waals surface area contributed by atoms with Gasteiger partial charge in [0.1, 0.15) is 0 Å². The molecule has 0 spiro atoms. The second kappa shape index (κ2) is 4.28. The van der Waals surface area contributed by atoms with Gasteiger partial charge in [-0.3, -0.25) is 0 Å². The van der Waals surface area contributed by atoms with Crippen LogP contribution in [0.4, 0.5) is 0 Å². The van der Waals surface area contributed by atoms with E-state index in [1.807, 2.05) is 49.4 Å². The van der Waals surface area contributed by atoms with Gasteiger partial charge < -0.3 is 0 Å². The third-order valence-electron chi connectivity index (χ3n) is 3.16. The number of nitriles is 2. The van der Waals surface area contributed by atoms with Crippen molar-refractivity contribution >= 4 is 10.8 Å². The molecule has 0 saturated heterocycles. The largest absolute Gasteiger partial charge is 0.196 e. The average Bonchev–Trinajstić information content (AvgIpc) is 2.41. The van der Waals surface area contributed by atoms with Crippen LogP contribution in [0.5, 0.6) is 0 Å². The maximum Gasteiger partial charge on any atom is 0.168 e. The Morgan fingerprint density at radius 3 is 2.29 bits per heavy atom. The first-order valence-electron chi connectivity index (χ1n) is 5.58. The number of hydrogen-bond acceptors (Lipinski definition) is 2. The fourth-order valence-corrected chi connectivity index (χ4v) is 2.09. The van der Waals surface area contributed by atoms with E-state index in [9.17, 15) is 10.5 Å². The van der Waals surface area contributed by atoms with Crippen molar-refractivity contribution in [1.29, 1.82) is 10.5 Å². The van der Waals surface area contributed by atoms with E-state index in [4.69, 9.17) is 0 Å². The van der Waals surface area contributed by atoms with E-state index in [-0.39, 0.29) is 0 Å². The summed E-state index contributed by atoms with van der Waals surface area (Å²) in [6, 6.07) is 17.9. The van der Waals surface area contributed by atoms with Gasteiger partial charge in [0.05, 0.1) is 12.1 Å². The highest BCUT2D eigenvalue weighted by atomic mass is 14.4. The molecule has 0 aliphatic carbocycles. The van der Waals surface area contributed by atoms with Crippen LogP contribution in [-0.4, -0.2) is 0 Å². The van der Waals surface area contributed by atoms with Crippen LogP contribution in [0.15, 0.2) is 42.5 Å². The number of benzene rings is 2. The molecule has 2 aromatic rings. The van der Waals surface area contributed by atoms with E-state index in [2.05, 4.69) is 12.1 Å². The predicted molar refractivity (Wildman–Crippen MR) is 67.1 cm³/mol. The lowest BCUT2D eigenvalue weighted by Crippen LogP contribution is -2.20. The topological polar surface area (TPSA) is 47.6 Å². The number of fused-ring (bicyclic) bond motifs is 1. The molecule has 0 heterocycles. The molecule has 0 radical (unpaired) electrons. The van der Waals surface area contributed by atoms with E-state index in [1.165, 1.54) is 0 Å². The smallest absolute Gasteiger partial charge is 0.168 e. The molecule has 0 aliphatic heterocycles. The van der Waals surface area contributed by atoms with Gasteiger partial charge in [-0.15, -0.1) is 0 Å². The first kappa shape index (κ1) is 11.2. The van der Waals surface area contributed by atoms with Gasteiger partial charge in [0.25, 0.3) is 0 Å². The molecule has 0 bridgehead atoms. The van der Waals surface area contributed by atoms with Crippen molar-refractivity contribution in [3.8, 4) is 12.1 Å². The molecule has 0 aliphatic rings. The fourth-order valence-electron chi connectivity index (χ4n) is 2.09. The van der Waals surface area contributed by atoms with E-state index in [1.54, 1.807) is 0 Å². The minimum Gasteiger partial charge on any atom is -0.196 e. The minimum atomic E-state index is -1.04. The number of hydrogen-bond donors (Lipinski definition) is 0. The summed E-state index contributed by atoms with van der Waals surface area (Å²) in [5.74, 6) is 0. The number of nitrogens with zero attached hydrogens (tertiary/aromatic N) is 2. The fraction of sp³-hybridized carbons (Fsp3) is 0.200. The van der Waals surface area contributed by atoms with Gasteiger partial charge in [-0.1, -0.05) is 49.4 Å². The third kappa shape index (κ3) is 1.65. The minimum absolute atomic E-state index is 0.494. The summed E-state index contributed by atoms with van der Waals surface area (Å²) >= 11 is 0. The van der Waals surface area contributed by atoms with Gasteiger partial charge in [0.2, 0.25) is 0 Å². The zero-order valence-corrected chi connectivity index (χ0v) is 9.64. The normalized spacial score (nSPS) is 10.8. The maximum atomic E-state index is 9.32. The summed E-state index contributed by atoms with van der Waals surface area (Å²) in [7, 11) is 0. The summed E-state index contributed by atoms with van der Waals surface area (Å²) in [6.07, 6.45) is 0.494. The summed E-state index contributed by atoms with van der Waals surface area (Å²) in [5, 5.41) is 20.7. The Labute approximate surface area is 101 Å². The molecule has 0 fully saturated rings. The highest BCUT2D eigenvalue weighted by Crippen LogP contribution is 2.32. The summed E-state index contributed by atoms with van der Waals surface area (Å²) < 4.78 is 0. The molecule has 0 saturated carbocycles. The van der Waals surface area contributed by atoms with Crippen molar-refractivity contribution in [2.75, 3.05) is 0 Å². The van der Waals surface area contributed by atoms with Crippen molar-refractivity contribution in [3.05, 3.63) is 48.0 Å². The molecule has 0 unspecified atom stereocenters. The predicted octanol–water partition coefficient (Wildman–Crippen LogP) is 3.53. The van der Waals surface area contributed by atoms with Gasteiger partial charge in [-0.25, -0.2) is 0 Å². The van der Waals surface area contributed by atoms with E-state index in [0.29, 0.717) is 6.42 Å². The van der Waals surface area contributed by atoms with Crippen LogP contribution < -0.4 is 0 Å². The quantitative estimate of drug-likeness (QED) is 0.777. The highest BCUT2D eigenvalue weighted by molar-refractivity contribution is 5.87. The van der Waals surface area contributed by atoms with Crippen LogP contribution in [-0.2, 0) is 5.41 Å². The van der Waals surface area contributed by atoms with Crippen molar-refractivity contribution in [3.63, 3.8) is 0 Å². The molecule has 2 heteroatoms. The molecule has 0 amide bonds. The molecule has 0 atom stereocenters. The summed E-state index contributed by atoms with van der Waals surface area (Å²) in [5.41, 5.74) is -0.232. The molecule has 82 valence electrons. The molecule has 0 aromatic heterocycles. The molecule has 2 rings (SSSR count). The molecular formula is C15H12N2. The maximum absolute atomic E-state index is 9.32. The van der Waals surface area contributed by atoms with Crippen LogP contribution in [0.2, 0.25) is 0 Å². The monoisotopic (exact) mass is 220 g/mol. The number of rotatable bonds is 2. The average molecular weight is 220 g/mol. The van der Waals surface area contributed by atoms with Crippen molar-refractivity contribution in [2.45, 2.75) is 18.8 Å². The highest BCUT2D eigenvalue weighted by Gasteiger charge is 2.31. The molecule has 17 heavy (non-hydrogen) atoms. The van der Waals surface area contributed by atoms with Gasteiger partial charge in [-0.05, 0) is 22.8 Å². The zero-order valence-electron chi connectivity index (χ0n) is 9.64. The third-order valence-corrected chi connectivity index (χ3v) is 3.16. The first-order chi connectivity index (χ1) is 8.27.